The Bertz CT molecular complexity index is 429. The Labute approximate surface area is 121 Å². The van der Waals surface area contributed by atoms with Gasteiger partial charge in [-0.25, -0.2) is 4.98 Å². The SMILES string of the molecule is CC(C)Cc1nc(=S)cc(NCCCOC(C)C)[nH]1. The highest BCUT2D eigenvalue weighted by molar-refractivity contribution is 7.71. The van der Waals surface area contributed by atoms with Crippen LogP contribution in [0.4, 0.5) is 5.82 Å². The molecule has 4 nitrogen and oxygen atoms in total. The van der Waals surface area contributed by atoms with Crippen LogP contribution in [0.1, 0.15) is 39.9 Å². The van der Waals surface area contributed by atoms with Crippen molar-refractivity contribution in [1.29, 1.82) is 0 Å². The lowest BCUT2D eigenvalue weighted by Gasteiger charge is -2.11. The van der Waals surface area contributed by atoms with Crippen LogP contribution in [0.5, 0.6) is 0 Å². The van der Waals surface area contributed by atoms with E-state index in [0.717, 1.165) is 37.6 Å². The number of hydrogen-bond acceptors (Lipinski definition) is 4. The maximum Gasteiger partial charge on any atom is 0.131 e. The molecule has 0 amide bonds. The number of rotatable bonds is 8. The summed E-state index contributed by atoms with van der Waals surface area (Å²) in [6.07, 6.45) is 2.18. The number of anilines is 1. The van der Waals surface area contributed by atoms with Crippen molar-refractivity contribution in [2.45, 2.75) is 46.6 Å². The summed E-state index contributed by atoms with van der Waals surface area (Å²) in [5.41, 5.74) is 0. The van der Waals surface area contributed by atoms with Crippen molar-refractivity contribution < 1.29 is 4.74 Å². The van der Waals surface area contributed by atoms with Gasteiger partial charge in [0.05, 0.1) is 6.10 Å². The Morgan fingerprint density at radius 3 is 2.74 bits per heavy atom. The van der Waals surface area contributed by atoms with Crippen molar-refractivity contribution >= 4 is 18.0 Å². The van der Waals surface area contributed by atoms with Crippen molar-refractivity contribution in [3.05, 3.63) is 16.5 Å². The maximum atomic E-state index is 5.50. The number of H-pyrrole nitrogens is 1. The Morgan fingerprint density at radius 2 is 2.11 bits per heavy atom. The van der Waals surface area contributed by atoms with Crippen LogP contribution in [0.3, 0.4) is 0 Å². The lowest BCUT2D eigenvalue weighted by Crippen LogP contribution is -2.11. The highest BCUT2D eigenvalue weighted by Crippen LogP contribution is 2.08. The van der Waals surface area contributed by atoms with Crippen molar-refractivity contribution in [2.75, 3.05) is 18.5 Å². The molecule has 0 bridgehead atoms. The molecule has 0 aromatic carbocycles. The normalized spacial score (nSPS) is 11.3. The summed E-state index contributed by atoms with van der Waals surface area (Å²) in [5, 5.41) is 3.33. The smallest absolute Gasteiger partial charge is 0.131 e. The van der Waals surface area contributed by atoms with Gasteiger partial charge >= 0.3 is 0 Å². The molecule has 0 spiro atoms. The largest absolute Gasteiger partial charge is 0.379 e. The fraction of sp³-hybridized carbons (Fsp3) is 0.714. The zero-order chi connectivity index (χ0) is 14.3. The molecule has 2 N–H and O–H groups in total. The third-order valence-corrected chi connectivity index (χ3v) is 2.69. The molecule has 108 valence electrons. The third kappa shape index (κ3) is 7.28. The van der Waals surface area contributed by atoms with Gasteiger partial charge in [-0.1, -0.05) is 26.1 Å². The molecule has 1 aromatic rings. The van der Waals surface area contributed by atoms with Gasteiger partial charge in [0.15, 0.2) is 0 Å². The first-order chi connectivity index (χ1) is 8.97. The fourth-order valence-corrected chi connectivity index (χ4v) is 1.93. The van der Waals surface area contributed by atoms with Crippen molar-refractivity contribution in [3.63, 3.8) is 0 Å². The zero-order valence-electron chi connectivity index (χ0n) is 12.3. The number of aromatic amines is 1. The van der Waals surface area contributed by atoms with E-state index < -0.39 is 0 Å². The van der Waals surface area contributed by atoms with E-state index in [1.807, 2.05) is 19.9 Å². The summed E-state index contributed by atoms with van der Waals surface area (Å²) in [4.78, 5) is 7.62. The Morgan fingerprint density at radius 1 is 1.37 bits per heavy atom. The summed E-state index contributed by atoms with van der Waals surface area (Å²) < 4.78 is 6.13. The first kappa shape index (κ1) is 16.1. The van der Waals surface area contributed by atoms with Gasteiger partial charge in [0, 0.05) is 25.6 Å². The summed E-state index contributed by atoms with van der Waals surface area (Å²) in [5.74, 6) is 2.46. The van der Waals surface area contributed by atoms with E-state index in [2.05, 4.69) is 29.1 Å². The van der Waals surface area contributed by atoms with E-state index in [1.54, 1.807) is 0 Å². The molecular weight excluding hydrogens is 258 g/mol. The van der Waals surface area contributed by atoms with E-state index in [4.69, 9.17) is 17.0 Å². The van der Waals surface area contributed by atoms with Gasteiger partial charge in [-0.15, -0.1) is 0 Å². The minimum Gasteiger partial charge on any atom is -0.379 e. The average Bonchev–Trinajstić information content (AvgIpc) is 2.26. The van der Waals surface area contributed by atoms with E-state index in [1.165, 1.54) is 0 Å². The molecule has 0 atom stereocenters. The summed E-state index contributed by atoms with van der Waals surface area (Å²) in [6, 6.07) is 1.86. The topological polar surface area (TPSA) is 49.9 Å². The zero-order valence-corrected chi connectivity index (χ0v) is 13.1. The van der Waals surface area contributed by atoms with Gasteiger partial charge in [0.25, 0.3) is 0 Å². The van der Waals surface area contributed by atoms with Crippen molar-refractivity contribution in [3.8, 4) is 0 Å². The molecule has 0 saturated carbocycles. The molecule has 0 fully saturated rings. The Kier molecular flexibility index (Phi) is 7.02. The molecule has 0 unspecified atom stereocenters. The molecule has 1 aromatic heterocycles. The first-order valence-electron chi connectivity index (χ1n) is 6.93. The molecule has 1 rings (SSSR count). The number of nitrogens with zero attached hydrogens (tertiary/aromatic N) is 1. The minimum atomic E-state index is 0.296. The second-order valence-electron chi connectivity index (χ2n) is 5.38. The van der Waals surface area contributed by atoms with Crippen LogP contribution < -0.4 is 5.32 Å². The number of hydrogen-bond donors (Lipinski definition) is 2. The molecule has 0 aliphatic heterocycles. The fourth-order valence-electron chi connectivity index (χ4n) is 1.70. The van der Waals surface area contributed by atoms with Crippen LogP contribution in [0, 0.1) is 10.6 Å². The molecule has 0 radical (unpaired) electrons. The van der Waals surface area contributed by atoms with E-state index >= 15 is 0 Å². The van der Waals surface area contributed by atoms with Crippen molar-refractivity contribution in [1.82, 2.24) is 9.97 Å². The van der Waals surface area contributed by atoms with Gasteiger partial charge in [0.2, 0.25) is 0 Å². The van der Waals surface area contributed by atoms with Crippen LogP contribution in [-0.4, -0.2) is 29.2 Å². The summed E-state index contributed by atoms with van der Waals surface area (Å²) in [6.45, 7) is 10.1. The minimum absolute atomic E-state index is 0.296. The second kappa shape index (κ2) is 8.27. The van der Waals surface area contributed by atoms with Gasteiger partial charge in [0.1, 0.15) is 16.3 Å². The van der Waals surface area contributed by atoms with Crippen LogP contribution in [0.25, 0.3) is 0 Å². The van der Waals surface area contributed by atoms with Crippen molar-refractivity contribution in [2.24, 2.45) is 5.92 Å². The Balaban J connectivity index is 2.45. The number of nitrogens with one attached hydrogen (secondary N) is 2. The number of aromatic nitrogens is 2. The first-order valence-corrected chi connectivity index (χ1v) is 7.34. The summed E-state index contributed by atoms with van der Waals surface area (Å²) >= 11 is 5.18. The van der Waals surface area contributed by atoms with Crippen LogP contribution in [0.2, 0.25) is 0 Å². The predicted molar refractivity (Wildman–Crippen MR) is 82.2 cm³/mol. The average molecular weight is 283 g/mol. The number of ether oxygens (including phenoxy) is 1. The van der Waals surface area contributed by atoms with Gasteiger partial charge in [-0.2, -0.15) is 0 Å². The Hall–Kier alpha value is -0.940. The third-order valence-electron chi connectivity index (χ3n) is 2.48. The molecule has 0 saturated heterocycles. The van der Waals surface area contributed by atoms with Crippen LogP contribution in [0.15, 0.2) is 6.07 Å². The highest BCUT2D eigenvalue weighted by atomic mass is 32.1. The predicted octanol–water partition coefficient (Wildman–Crippen LogP) is 3.56. The monoisotopic (exact) mass is 283 g/mol. The standard InChI is InChI=1S/C14H25N3OS/c1-10(2)8-13-16-12(9-14(19)17-13)15-6-5-7-18-11(3)4/h9-11H,5-8H2,1-4H3,(H2,15,16,17,19). The van der Waals surface area contributed by atoms with Gasteiger partial charge < -0.3 is 15.0 Å². The quantitative estimate of drug-likeness (QED) is 0.566. The summed E-state index contributed by atoms with van der Waals surface area (Å²) in [7, 11) is 0. The molecule has 19 heavy (non-hydrogen) atoms. The molecule has 5 heteroatoms. The second-order valence-corrected chi connectivity index (χ2v) is 5.80. The molecule has 0 aliphatic rings. The van der Waals surface area contributed by atoms with E-state index in [9.17, 15) is 0 Å². The lowest BCUT2D eigenvalue weighted by atomic mass is 10.1. The maximum absolute atomic E-state index is 5.50. The van der Waals surface area contributed by atoms with E-state index in [0.29, 0.717) is 16.7 Å². The molecule has 0 aliphatic carbocycles. The molecule has 1 heterocycles. The van der Waals surface area contributed by atoms with Gasteiger partial charge in [-0.05, 0) is 26.2 Å². The molecular formula is C14H25N3OS. The highest BCUT2D eigenvalue weighted by Gasteiger charge is 2.02. The van der Waals surface area contributed by atoms with Crippen LogP contribution >= 0.6 is 12.2 Å². The van der Waals surface area contributed by atoms with E-state index in [-0.39, 0.29) is 0 Å². The van der Waals surface area contributed by atoms with Gasteiger partial charge in [-0.3, -0.25) is 0 Å². The van der Waals surface area contributed by atoms with Crippen LogP contribution in [-0.2, 0) is 11.2 Å². The lowest BCUT2D eigenvalue weighted by molar-refractivity contribution is 0.0787.